The highest BCUT2D eigenvalue weighted by atomic mass is 19.1. The molecule has 16 heavy (non-hydrogen) atoms. The molecule has 3 nitrogen and oxygen atoms in total. The van der Waals surface area contributed by atoms with Crippen molar-refractivity contribution in [3.05, 3.63) is 29.8 Å². The van der Waals surface area contributed by atoms with Crippen LogP contribution in [0.2, 0.25) is 0 Å². The summed E-state index contributed by atoms with van der Waals surface area (Å²) < 4.78 is 17.4. The number of halogens is 1. The Hall–Kier alpha value is -1.58. The fraction of sp³-hybridized carbons (Fsp3) is 0.417. The molecule has 1 amide bonds. The molecule has 0 spiro atoms. The second kappa shape index (κ2) is 4.96. The van der Waals surface area contributed by atoms with Gasteiger partial charge in [-0.3, -0.25) is 5.32 Å². The van der Waals surface area contributed by atoms with Gasteiger partial charge in [-0.15, -0.1) is 0 Å². The van der Waals surface area contributed by atoms with Crippen molar-refractivity contribution in [2.24, 2.45) is 0 Å². The summed E-state index contributed by atoms with van der Waals surface area (Å²) in [4.78, 5) is 11.4. The number of amides is 1. The molecule has 0 saturated carbocycles. The van der Waals surface area contributed by atoms with Crippen molar-refractivity contribution < 1.29 is 13.9 Å². The Morgan fingerprint density at radius 1 is 1.44 bits per heavy atom. The molecule has 1 rings (SSSR count). The van der Waals surface area contributed by atoms with Crippen molar-refractivity contribution >= 4 is 11.8 Å². The molecule has 1 aromatic rings. The number of benzene rings is 1. The van der Waals surface area contributed by atoms with E-state index in [9.17, 15) is 9.18 Å². The monoisotopic (exact) mass is 225 g/mol. The van der Waals surface area contributed by atoms with Crippen LogP contribution >= 0.6 is 0 Å². The quantitative estimate of drug-likeness (QED) is 0.836. The van der Waals surface area contributed by atoms with Crippen molar-refractivity contribution in [1.82, 2.24) is 0 Å². The Morgan fingerprint density at radius 3 is 2.69 bits per heavy atom. The molecule has 0 aliphatic heterocycles. The molecular weight excluding hydrogens is 209 g/mol. The lowest BCUT2D eigenvalue weighted by Crippen LogP contribution is -2.27. The zero-order valence-corrected chi connectivity index (χ0v) is 9.71. The third kappa shape index (κ3) is 4.29. The maximum atomic E-state index is 12.4. The fourth-order valence-electron chi connectivity index (χ4n) is 1.15. The van der Waals surface area contributed by atoms with E-state index in [2.05, 4.69) is 5.32 Å². The number of carbonyl (C=O) groups is 1. The molecule has 0 bridgehead atoms. The first kappa shape index (κ1) is 12.5. The number of nitrogens with one attached hydrogen (secondary N) is 1. The third-order valence-corrected chi connectivity index (χ3v) is 1.73. The standard InChI is InChI=1S/C12H16FNO2/c1-12(2,3)16-11(15)14-10-6-4-5-9(7-10)8-13/h4-7H,8H2,1-3H3,(H,14,15). The molecule has 0 radical (unpaired) electrons. The summed E-state index contributed by atoms with van der Waals surface area (Å²) in [7, 11) is 0. The zero-order chi connectivity index (χ0) is 12.2. The summed E-state index contributed by atoms with van der Waals surface area (Å²) >= 11 is 0. The number of hydrogen-bond donors (Lipinski definition) is 1. The van der Waals surface area contributed by atoms with Crippen LogP contribution in [0.5, 0.6) is 0 Å². The van der Waals surface area contributed by atoms with E-state index in [1.807, 2.05) is 0 Å². The Labute approximate surface area is 94.6 Å². The lowest BCUT2D eigenvalue weighted by molar-refractivity contribution is 0.0636. The highest BCUT2D eigenvalue weighted by Gasteiger charge is 2.16. The fourth-order valence-corrected chi connectivity index (χ4v) is 1.15. The second-order valence-electron chi connectivity index (χ2n) is 4.46. The Kier molecular flexibility index (Phi) is 3.88. The van der Waals surface area contributed by atoms with Crippen molar-refractivity contribution in [3.63, 3.8) is 0 Å². The normalized spacial score (nSPS) is 11.0. The molecular formula is C12H16FNO2. The molecule has 1 N–H and O–H groups in total. The number of ether oxygens (including phenoxy) is 1. The molecule has 0 aliphatic rings. The molecule has 0 heterocycles. The Morgan fingerprint density at radius 2 is 2.12 bits per heavy atom. The summed E-state index contributed by atoms with van der Waals surface area (Å²) in [6.45, 7) is 4.80. The summed E-state index contributed by atoms with van der Waals surface area (Å²) in [6.07, 6.45) is -0.538. The van der Waals surface area contributed by atoms with Gasteiger partial charge in [0.25, 0.3) is 0 Å². The average Bonchev–Trinajstić information content (AvgIpc) is 2.15. The van der Waals surface area contributed by atoms with E-state index < -0.39 is 18.4 Å². The highest BCUT2D eigenvalue weighted by molar-refractivity contribution is 5.84. The van der Waals surface area contributed by atoms with Crippen molar-refractivity contribution in [2.45, 2.75) is 33.0 Å². The van der Waals surface area contributed by atoms with E-state index in [1.54, 1.807) is 45.0 Å². The lowest BCUT2D eigenvalue weighted by atomic mass is 10.2. The molecule has 0 atom stereocenters. The van der Waals surface area contributed by atoms with E-state index in [0.717, 1.165) is 0 Å². The van der Waals surface area contributed by atoms with Crippen LogP contribution in [0, 0.1) is 0 Å². The van der Waals surface area contributed by atoms with Crippen LogP contribution in [-0.2, 0) is 11.4 Å². The Balaban J connectivity index is 2.62. The Bertz CT molecular complexity index is 372. The van der Waals surface area contributed by atoms with E-state index in [1.165, 1.54) is 0 Å². The first-order valence-corrected chi connectivity index (χ1v) is 5.05. The molecule has 0 unspecified atom stereocenters. The maximum Gasteiger partial charge on any atom is 0.412 e. The van der Waals surface area contributed by atoms with E-state index >= 15 is 0 Å². The van der Waals surface area contributed by atoms with Gasteiger partial charge in [0.1, 0.15) is 12.3 Å². The highest BCUT2D eigenvalue weighted by Crippen LogP contribution is 2.14. The van der Waals surface area contributed by atoms with Gasteiger partial charge in [0.05, 0.1) is 0 Å². The van der Waals surface area contributed by atoms with Gasteiger partial charge in [-0.05, 0) is 38.5 Å². The maximum absolute atomic E-state index is 12.4. The second-order valence-corrected chi connectivity index (χ2v) is 4.46. The first-order chi connectivity index (χ1) is 7.40. The predicted molar refractivity (Wildman–Crippen MR) is 61.1 cm³/mol. The summed E-state index contributed by atoms with van der Waals surface area (Å²) in [5, 5.41) is 2.55. The van der Waals surface area contributed by atoms with Gasteiger partial charge >= 0.3 is 6.09 Å². The van der Waals surface area contributed by atoms with E-state index in [4.69, 9.17) is 4.74 Å². The SMILES string of the molecule is CC(C)(C)OC(=O)Nc1cccc(CF)c1. The number of rotatable bonds is 2. The van der Waals surface area contributed by atoms with Crippen molar-refractivity contribution in [1.29, 1.82) is 0 Å². The lowest BCUT2D eigenvalue weighted by Gasteiger charge is -2.19. The number of hydrogen-bond acceptors (Lipinski definition) is 2. The van der Waals surface area contributed by atoms with Gasteiger partial charge in [0.15, 0.2) is 0 Å². The smallest absolute Gasteiger partial charge is 0.412 e. The van der Waals surface area contributed by atoms with Gasteiger partial charge in [-0.25, -0.2) is 9.18 Å². The van der Waals surface area contributed by atoms with Crippen LogP contribution < -0.4 is 5.32 Å². The number of alkyl halides is 1. The number of anilines is 1. The molecule has 0 saturated heterocycles. The molecule has 0 fully saturated rings. The van der Waals surface area contributed by atoms with Gasteiger partial charge < -0.3 is 4.74 Å². The van der Waals surface area contributed by atoms with E-state index in [0.29, 0.717) is 11.3 Å². The van der Waals surface area contributed by atoms with Crippen LogP contribution in [0.3, 0.4) is 0 Å². The van der Waals surface area contributed by atoms with Crippen molar-refractivity contribution in [3.8, 4) is 0 Å². The summed E-state index contributed by atoms with van der Waals surface area (Å²) in [6, 6.07) is 6.59. The van der Waals surface area contributed by atoms with Gasteiger partial charge in [0, 0.05) is 5.69 Å². The molecule has 0 aromatic heterocycles. The number of carbonyl (C=O) groups excluding carboxylic acids is 1. The average molecular weight is 225 g/mol. The van der Waals surface area contributed by atoms with Gasteiger partial charge in [0.2, 0.25) is 0 Å². The first-order valence-electron chi connectivity index (χ1n) is 5.05. The van der Waals surface area contributed by atoms with E-state index in [-0.39, 0.29) is 0 Å². The minimum atomic E-state index is -0.552. The summed E-state index contributed by atoms with van der Waals surface area (Å²) in [5.41, 5.74) is 0.514. The summed E-state index contributed by atoms with van der Waals surface area (Å²) in [5.74, 6) is 0. The third-order valence-electron chi connectivity index (χ3n) is 1.73. The van der Waals surface area contributed by atoms with Gasteiger partial charge in [-0.1, -0.05) is 12.1 Å². The molecule has 4 heteroatoms. The molecule has 88 valence electrons. The van der Waals surface area contributed by atoms with Crippen LogP contribution in [-0.4, -0.2) is 11.7 Å². The zero-order valence-electron chi connectivity index (χ0n) is 9.71. The van der Waals surface area contributed by atoms with Crippen molar-refractivity contribution in [2.75, 3.05) is 5.32 Å². The largest absolute Gasteiger partial charge is 0.444 e. The topological polar surface area (TPSA) is 38.3 Å². The van der Waals surface area contributed by atoms with Crippen LogP contribution in [0.15, 0.2) is 24.3 Å². The molecule has 0 aliphatic carbocycles. The van der Waals surface area contributed by atoms with Crippen LogP contribution in [0.1, 0.15) is 26.3 Å². The molecule has 1 aromatic carbocycles. The van der Waals surface area contributed by atoms with Gasteiger partial charge in [-0.2, -0.15) is 0 Å². The predicted octanol–water partition coefficient (Wildman–Crippen LogP) is 3.50. The minimum Gasteiger partial charge on any atom is -0.444 e. The van der Waals surface area contributed by atoms with Crippen LogP contribution in [0.25, 0.3) is 0 Å². The minimum absolute atomic E-state index is 0.522. The van der Waals surface area contributed by atoms with Crippen LogP contribution in [0.4, 0.5) is 14.9 Å².